The Kier molecular flexibility index (Phi) is 6.70. The summed E-state index contributed by atoms with van der Waals surface area (Å²) in [5.41, 5.74) is 1.23. The summed E-state index contributed by atoms with van der Waals surface area (Å²) in [7, 11) is 0. The Hall–Kier alpha value is -2.67. The largest absolute Gasteiger partial charge is 0.493 e. The third kappa shape index (κ3) is 4.98. The molecular weight excluding hydrogens is 416 g/mol. The molecule has 1 aromatic carbocycles. The highest BCUT2D eigenvalue weighted by Crippen LogP contribution is 2.31. The Morgan fingerprint density at radius 3 is 2.58 bits per heavy atom. The van der Waals surface area contributed by atoms with Gasteiger partial charge in [0, 0.05) is 30.9 Å². The Morgan fingerprint density at radius 2 is 1.87 bits per heavy atom. The average Bonchev–Trinajstić information content (AvgIpc) is 3.47. The summed E-state index contributed by atoms with van der Waals surface area (Å²) in [6.07, 6.45) is 5.73. The van der Waals surface area contributed by atoms with Crippen LogP contribution in [0.3, 0.4) is 0 Å². The molecule has 0 saturated carbocycles. The number of hydrogen-bond donors (Lipinski definition) is 0. The van der Waals surface area contributed by atoms with Gasteiger partial charge in [-0.25, -0.2) is 9.97 Å². The number of nitrogens with zero attached hydrogens (tertiary/aromatic N) is 4. The summed E-state index contributed by atoms with van der Waals surface area (Å²) in [6.45, 7) is 4.41. The molecule has 3 heterocycles. The number of benzene rings is 1. The van der Waals surface area contributed by atoms with Crippen LogP contribution < -0.4 is 4.74 Å². The van der Waals surface area contributed by atoms with E-state index in [1.807, 2.05) is 16.7 Å². The van der Waals surface area contributed by atoms with E-state index < -0.39 is 0 Å². The number of hydrogen-bond acceptors (Lipinski definition) is 5. The third-order valence-electron chi connectivity index (χ3n) is 5.89. The molecule has 0 spiro atoms. The first-order chi connectivity index (χ1) is 15.0. The minimum atomic E-state index is -0.155. The molecule has 164 valence electrons. The highest BCUT2D eigenvalue weighted by Gasteiger charge is 2.32. The third-order valence-corrected chi connectivity index (χ3v) is 6.14. The highest BCUT2D eigenvalue weighted by atomic mass is 35.5. The minimum Gasteiger partial charge on any atom is -0.493 e. The summed E-state index contributed by atoms with van der Waals surface area (Å²) in [4.78, 5) is 38.3. The number of aromatic nitrogens is 2. The standard InChI is InChI=1S/C23H27ClN4O3/c1-16-19(23(30)27-11-2-3-12-27)15-25-22(26-16)20-5-4-13-28(20)21(29)10-14-31-18-8-6-17(24)7-9-18/h6-9,15,20H,2-5,10-14H2,1H3. The maximum atomic E-state index is 12.8. The van der Waals surface area contributed by atoms with Crippen LogP contribution in [0, 0.1) is 6.92 Å². The highest BCUT2D eigenvalue weighted by molar-refractivity contribution is 6.30. The van der Waals surface area contributed by atoms with Crippen molar-refractivity contribution in [3.05, 3.63) is 52.6 Å². The molecule has 2 aliphatic heterocycles. The van der Waals surface area contributed by atoms with Crippen molar-refractivity contribution in [1.82, 2.24) is 19.8 Å². The molecule has 0 radical (unpaired) electrons. The number of ether oxygens (including phenoxy) is 1. The fraction of sp³-hybridized carbons (Fsp3) is 0.478. The summed E-state index contributed by atoms with van der Waals surface area (Å²) >= 11 is 5.88. The van der Waals surface area contributed by atoms with E-state index in [0.717, 1.165) is 38.8 Å². The Balaban J connectivity index is 1.38. The molecule has 2 amide bonds. The van der Waals surface area contributed by atoms with Crippen LogP contribution in [0.15, 0.2) is 30.5 Å². The van der Waals surface area contributed by atoms with Gasteiger partial charge in [-0.15, -0.1) is 0 Å². The van der Waals surface area contributed by atoms with E-state index in [-0.39, 0.29) is 24.3 Å². The van der Waals surface area contributed by atoms with Crippen LogP contribution in [-0.2, 0) is 4.79 Å². The van der Waals surface area contributed by atoms with Crippen molar-refractivity contribution >= 4 is 23.4 Å². The normalized spacial score (nSPS) is 18.5. The topological polar surface area (TPSA) is 75.6 Å². The smallest absolute Gasteiger partial charge is 0.257 e. The number of aryl methyl sites for hydroxylation is 1. The van der Waals surface area contributed by atoms with Gasteiger partial charge < -0.3 is 14.5 Å². The van der Waals surface area contributed by atoms with Crippen LogP contribution in [-0.4, -0.2) is 57.8 Å². The zero-order valence-electron chi connectivity index (χ0n) is 17.7. The van der Waals surface area contributed by atoms with E-state index in [2.05, 4.69) is 9.97 Å². The van der Waals surface area contributed by atoms with Gasteiger partial charge in [0.15, 0.2) is 5.82 Å². The van der Waals surface area contributed by atoms with Crippen LogP contribution in [0.5, 0.6) is 5.75 Å². The Bertz CT molecular complexity index is 944. The predicted octanol–water partition coefficient (Wildman–Crippen LogP) is 3.81. The molecule has 1 unspecified atom stereocenters. The lowest BCUT2D eigenvalue weighted by Gasteiger charge is -2.24. The number of carbonyl (C=O) groups is 2. The molecule has 0 aliphatic carbocycles. The molecule has 31 heavy (non-hydrogen) atoms. The van der Waals surface area contributed by atoms with Gasteiger partial charge >= 0.3 is 0 Å². The van der Waals surface area contributed by atoms with Crippen LogP contribution in [0.1, 0.15) is 60.0 Å². The lowest BCUT2D eigenvalue weighted by atomic mass is 10.1. The molecule has 7 nitrogen and oxygen atoms in total. The van der Waals surface area contributed by atoms with Crippen molar-refractivity contribution in [1.29, 1.82) is 0 Å². The van der Waals surface area contributed by atoms with Crippen molar-refractivity contribution < 1.29 is 14.3 Å². The van der Waals surface area contributed by atoms with Crippen molar-refractivity contribution in [2.75, 3.05) is 26.2 Å². The van der Waals surface area contributed by atoms with Crippen LogP contribution in [0.25, 0.3) is 0 Å². The van der Waals surface area contributed by atoms with Crippen LogP contribution in [0.2, 0.25) is 5.02 Å². The van der Waals surface area contributed by atoms with E-state index in [1.165, 1.54) is 0 Å². The molecule has 4 rings (SSSR count). The van der Waals surface area contributed by atoms with Crippen molar-refractivity contribution in [3.63, 3.8) is 0 Å². The fourth-order valence-corrected chi connectivity index (χ4v) is 4.34. The first-order valence-corrected chi connectivity index (χ1v) is 11.2. The maximum absolute atomic E-state index is 12.8. The van der Waals surface area contributed by atoms with Gasteiger partial charge in [-0.1, -0.05) is 11.6 Å². The monoisotopic (exact) mass is 442 g/mol. The molecular formula is C23H27ClN4O3. The molecule has 2 aliphatic rings. The van der Waals surface area contributed by atoms with Crippen molar-refractivity contribution in [2.45, 2.75) is 45.1 Å². The molecule has 2 saturated heterocycles. The first-order valence-electron chi connectivity index (χ1n) is 10.8. The Labute approximate surface area is 187 Å². The van der Waals surface area contributed by atoms with Gasteiger partial charge in [0.05, 0.1) is 30.3 Å². The van der Waals surface area contributed by atoms with Gasteiger partial charge in [-0.2, -0.15) is 0 Å². The average molecular weight is 443 g/mol. The number of halogens is 1. The summed E-state index contributed by atoms with van der Waals surface area (Å²) in [5, 5.41) is 0.645. The molecule has 1 atom stereocenters. The van der Waals surface area contributed by atoms with E-state index in [1.54, 1.807) is 30.5 Å². The second kappa shape index (κ2) is 9.64. The first kappa shape index (κ1) is 21.6. The van der Waals surface area contributed by atoms with E-state index in [4.69, 9.17) is 16.3 Å². The second-order valence-electron chi connectivity index (χ2n) is 8.02. The number of carbonyl (C=O) groups excluding carboxylic acids is 2. The minimum absolute atomic E-state index is 0.000234. The van der Waals surface area contributed by atoms with Crippen molar-refractivity contribution in [2.24, 2.45) is 0 Å². The lowest BCUT2D eigenvalue weighted by Crippen LogP contribution is -2.33. The van der Waals surface area contributed by atoms with Crippen molar-refractivity contribution in [3.8, 4) is 5.75 Å². The zero-order valence-corrected chi connectivity index (χ0v) is 18.5. The second-order valence-corrected chi connectivity index (χ2v) is 8.46. The number of amides is 2. The molecule has 8 heteroatoms. The van der Waals surface area contributed by atoms with Gasteiger partial charge in [-0.05, 0) is 56.9 Å². The lowest BCUT2D eigenvalue weighted by molar-refractivity contribution is -0.132. The summed E-state index contributed by atoms with van der Waals surface area (Å²) in [5.74, 6) is 1.32. The SMILES string of the molecule is Cc1nc(C2CCCN2C(=O)CCOc2ccc(Cl)cc2)ncc1C(=O)N1CCCC1. The van der Waals surface area contributed by atoms with Gasteiger partial charge in [0.1, 0.15) is 5.75 Å². The molecule has 0 bridgehead atoms. The van der Waals surface area contributed by atoms with Gasteiger partial charge in [-0.3, -0.25) is 9.59 Å². The fourth-order valence-electron chi connectivity index (χ4n) is 4.21. The van der Waals surface area contributed by atoms with Gasteiger partial charge in [0.25, 0.3) is 5.91 Å². The number of rotatable bonds is 6. The zero-order chi connectivity index (χ0) is 21.8. The Morgan fingerprint density at radius 1 is 1.13 bits per heavy atom. The summed E-state index contributed by atoms with van der Waals surface area (Å²) < 4.78 is 5.66. The van der Waals surface area contributed by atoms with E-state index in [0.29, 0.717) is 41.0 Å². The maximum Gasteiger partial charge on any atom is 0.257 e. The molecule has 2 fully saturated rings. The molecule has 0 N–H and O–H groups in total. The molecule has 2 aromatic rings. The summed E-state index contributed by atoms with van der Waals surface area (Å²) in [6, 6.07) is 6.93. The van der Waals surface area contributed by atoms with Crippen LogP contribution >= 0.6 is 11.6 Å². The molecule has 1 aromatic heterocycles. The van der Waals surface area contributed by atoms with E-state index in [9.17, 15) is 9.59 Å². The van der Waals surface area contributed by atoms with Crippen LogP contribution in [0.4, 0.5) is 0 Å². The number of likely N-dealkylation sites (tertiary alicyclic amines) is 2. The predicted molar refractivity (Wildman–Crippen MR) is 117 cm³/mol. The van der Waals surface area contributed by atoms with E-state index >= 15 is 0 Å². The van der Waals surface area contributed by atoms with Gasteiger partial charge in [0.2, 0.25) is 5.91 Å². The quantitative estimate of drug-likeness (QED) is 0.680.